The fourth-order valence-electron chi connectivity index (χ4n) is 5.34. The van der Waals surface area contributed by atoms with Crippen molar-refractivity contribution in [1.29, 1.82) is 0 Å². The van der Waals surface area contributed by atoms with Crippen molar-refractivity contribution in [3.8, 4) is 0 Å². The molecule has 1 fully saturated rings. The molecule has 122 valence electrons. The maximum atomic E-state index is 6.30. The molecule has 0 radical (unpaired) electrons. The molecule has 23 heavy (non-hydrogen) atoms. The fourth-order valence-corrected chi connectivity index (χ4v) is 5.34. The Labute approximate surface area is 138 Å². The third-order valence-electron chi connectivity index (χ3n) is 6.52. The summed E-state index contributed by atoms with van der Waals surface area (Å²) in [4.78, 5) is 0. The first-order valence-electron chi connectivity index (χ1n) is 9.49. The summed E-state index contributed by atoms with van der Waals surface area (Å²) >= 11 is 0. The van der Waals surface area contributed by atoms with Crippen molar-refractivity contribution in [2.24, 2.45) is 5.84 Å². The summed E-state index contributed by atoms with van der Waals surface area (Å²) < 4.78 is 2.57. The second-order valence-electron chi connectivity index (χ2n) is 7.77. The quantitative estimate of drug-likeness (QED) is 0.799. The Kier molecular flexibility index (Phi) is 3.27. The van der Waals surface area contributed by atoms with Gasteiger partial charge >= 0.3 is 0 Å². The summed E-state index contributed by atoms with van der Waals surface area (Å²) in [6, 6.07) is 7.80. The van der Waals surface area contributed by atoms with Crippen LogP contribution in [0.5, 0.6) is 0 Å². The summed E-state index contributed by atoms with van der Waals surface area (Å²) in [5.74, 6) is 7.09. The second-order valence-corrected chi connectivity index (χ2v) is 7.77. The van der Waals surface area contributed by atoms with Crippen molar-refractivity contribution < 1.29 is 0 Å². The first-order valence-corrected chi connectivity index (χ1v) is 9.49. The lowest BCUT2D eigenvalue weighted by Crippen LogP contribution is -2.43. The first kappa shape index (κ1) is 14.1. The van der Waals surface area contributed by atoms with E-state index in [1.807, 2.05) is 0 Å². The monoisotopic (exact) mass is 309 g/mol. The van der Waals surface area contributed by atoms with Gasteiger partial charge in [0, 0.05) is 29.7 Å². The number of nitrogens with two attached hydrogens (primary N) is 1. The number of aromatic nitrogens is 1. The minimum absolute atomic E-state index is 0.443. The number of hydrazine groups is 1. The van der Waals surface area contributed by atoms with Gasteiger partial charge in [0.1, 0.15) is 0 Å². The summed E-state index contributed by atoms with van der Waals surface area (Å²) in [6.45, 7) is 2.02. The maximum absolute atomic E-state index is 6.30. The zero-order valence-electron chi connectivity index (χ0n) is 13.9. The van der Waals surface area contributed by atoms with Crippen LogP contribution < -0.4 is 5.84 Å². The molecule has 3 heteroatoms. The van der Waals surface area contributed by atoms with Gasteiger partial charge in [0.2, 0.25) is 0 Å². The minimum Gasteiger partial charge on any atom is -0.341 e. The molecule has 1 unspecified atom stereocenters. The van der Waals surface area contributed by atoms with Crippen LogP contribution in [0.15, 0.2) is 18.2 Å². The number of nitrogens with zero attached hydrogens (tertiary/aromatic N) is 2. The van der Waals surface area contributed by atoms with Crippen LogP contribution in [-0.4, -0.2) is 16.1 Å². The van der Waals surface area contributed by atoms with Gasteiger partial charge in [-0.2, -0.15) is 0 Å². The van der Waals surface area contributed by atoms with E-state index in [0.29, 0.717) is 6.04 Å². The van der Waals surface area contributed by atoms with Crippen LogP contribution in [0.25, 0.3) is 10.9 Å². The maximum Gasteiger partial charge on any atom is 0.0646 e. The molecule has 1 saturated carbocycles. The lowest BCUT2D eigenvalue weighted by molar-refractivity contribution is 0.144. The van der Waals surface area contributed by atoms with Crippen LogP contribution in [-0.2, 0) is 13.0 Å². The molecule has 0 saturated heterocycles. The highest BCUT2D eigenvalue weighted by molar-refractivity contribution is 5.87. The number of hydrogen-bond acceptors (Lipinski definition) is 2. The van der Waals surface area contributed by atoms with Gasteiger partial charge in [0.25, 0.3) is 0 Å². The molecular weight excluding hydrogens is 282 g/mol. The molecule has 0 spiro atoms. The number of rotatable bonds is 1. The Morgan fingerprint density at radius 3 is 2.70 bits per heavy atom. The van der Waals surface area contributed by atoms with Gasteiger partial charge in [-0.15, -0.1) is 0 Å². The zero-order chi connectivity index (χ0) is 15.4. The Hall–Kier alpha value is -1.32. The van der Waals surface area contributed by atoms with E-state index >= 15 is 0 Å². The summed E-state index contributed by atoms with van der Waals surface area (Å²) in [6.07, 6.45) is 10.7. The van der Waals surface area contributed by atoms with E-state index in [4.69, 9.17) is 5.84 Å². The van der Waals surface area contributed by atoms with Crippen molar-refractivity contribution in [2.75, 3.05) is 6.54 Å². The van der Waals surface area contributed by atoms with Crippen molar-refractivity contribution in [1.82, 2.24) is 9.58 Å². The van der Waals surface area contributed by atoms with Crippen LogP contribution in [0, 0.1) is 0 Å². The standard InChI is InChI=1S/C20H27N3/c21-23-12-11-22-18-10-9-15(14-5-2-1-3-6-14)13-17(18)16-7-4-8-19(23)20(16)22/h9-10,13-14,19H,1-8,11-12,21H2. The van der Waals surface area contributed by atoms with Gasteiger partial charge in [-0.25, -0.2) is 5.01 Å². The highest BCUT2D eigenvalue weighted by Gasteiger charge is 2.33. The Morgan fingerprint density at radius 1 is 0.957 bits per heavy atom. The molecule has 2 aromatic rings. The number of aryl methyl sites for hydroxylation is 1. The number of benzene rings is 1. The number of fused-ring (bicyclic) bond motifs is 3. The van der Waals surface area contributed by atoms with Crippen LogP contribution >= 0.6 is 0 Å². The van der Waals surface area contributed by atoms with E-state index in [0.717, 1.165) is 19.0 Å². The molecular formula is C20H27N3. The van der Waals surface area contributed by atoms with Crippen molar-refractivity contribution in [3.05, 3.63) is 35.0 Å². The predicted molar refractivity (Wildman–Crippen MR) is 94.3 cm³/mol. The Morgan fingerprint density at radius 2 is 1.83 bits per heavy atom. The van der Waals surface area contributed by atoms with E-state index in [1.165, 1.54) is 68.0 Å². The van der Waals surface area contributed by atoms with Crippen LogP contribution in [0.2, 0.25) is 0 Å². The summed E-state index contributed by atoms with van der Waals surface area (Å²) in [5, 5.41) is 3.61. The van der Waals surface area contributed by atoms with Gasteiger partial charge < -0.3 is 4.57 Å². The Bertz CT molecular complexity index is 739. The molecule has 1 aromatic carbocycles. The molecule has 3 aliphatic rings. The molecule has 1 atom stereocenters. The largest absolute Gasteiger partial charge is 0.341 e. The van der Waals surface area contributed by atoms with Crippen molar-refractivity contribution >= 4 is 10.9 Å². The highest BCUT2D eigenvalue weighted by atomic mass is 15.4. The van der Waals surface area contributed by atoms with Gasteiger partial charge in [-0.3, -0.25) is 5.84 Å². The van der Waals surface area contributed by atoms with E-state index in [-0.39, 0.29) is 0 Å². The summed E-state index contributed by atoms with van der Waals surface area (Å²) in [5.41, 5.74) is 6.17. The van der Waals surface area contributed by atoms with Gasteiger partial charge in [0.05, 0.1) is 6.04 Å². The molecule has 1 aliphatic heterocycles. The van der Waals surface area contributed by atoms with Crippen molar-refractivity contribution in [3.63, 3.8) is 0 Å². The third-order valence-corrected chi connectivity index (χ3v) is 6.52. The Balaban J connectivity index is 1.66. The molecule has 3 nitrogen and oxygen atoms in total. The normalized spacial score (nSPS) is 25.7. The predicted octanol–water partition coefficient (Wildman–Crippen LogP) is 4.26. The van der Waals surface area contributed by atoms with Crippen LogP contribution in [0.4, 0.5) is 0 Å². The fraction of sp³-hybridized carbons (Fsp3) is 0.600. The van der Waals surface area contributed by atoms with Crippen LogP contribution in [0.1, 0.15) is 73.7 Å². The summed E-state index contributed by atoms with van der Waals surface area (Å²) in [7, 11) is 0. The highest BCUT2D eigenvalue weighted by Crippen LogP contribution is 2.43. The van der Waals surface area contributed by atoms with E-state index in [1.54, 1.807) is 11.1 Å². The van der Waals surface area contributed by atoms with Gasteiger partial charge in [0.15, 0.2) is 0 Å². The van der Waals surface area contributed by atoms with Gasteiger partial charge in [-0.05, 0) is 61.3 Å². The third kappa shape index (κ3) is 2.10. The molecule has 2 aliphatic carbocycles. The number of hydrogen-bond donors (Lipinski definition) is 1. The van der Waals surface area contributed by atoms with Crippen molar-refractivity contribution in [2.45, 2.75) is 69.9 Å². The van der Waals surface area contributed by atoms with E-state index in [9.17, 15) is 0 Å². The average molecular weight is 309 g/mol. The molecule has 2 heterocycles. The second kappa shape index (κ2) is 5.35. The smallest absolute Gasteiger partial charge is 0.0646 e. The molecule has 0 bridgehead atoms. The minimum atomic E-state index is 0.443. The molecule has 1 aromatic heterocycles. The topological polar surface area (TPSA) is 34.2 Å². The SMILES string of the molecule is NN1CCn2c3c(c4cc(C5CCCCC5)ccc42)CCCC31. The molecule has 5 rings (SSSR count). The molecule has 0 amide bonds. The average Bonchev–Trinajstić information content (AvgIpc) is 2.94. The van der Waals surface area contributed by atoms with Gasteiger partial charge in [-0.1, -0.05) is 25.3 Å². The van der Waals surface area contributed by atoms with Crippen LogP contribution in [0.3, 0.4) is 0 Å². The van der Waals surface area contributed by atoms with E-state index in [2.05, 4.69) is 27.8 Å². The zero-order valence-corrected chi connectivity index (χ0v) is 13.9. The molecule has 2 N–H and O–H groups in total. The lowest BCUT2D eigenvalue weighted by Gasteiger charge is -2.37. The first-order chi connectivity index (χ1) is 11.3. The lowest BCUT2D eigenvalue weighted by atomic mass is 9.83. The van der Waals surface area contributed by atoms with E-state index < -0.39 is 0 Å².